The number of nitrogens with one attached hydrogen (secondary N) is 1. The molecule has 0 aliphatic heterocycles. The maximum Gasteiger partial charge on any atom is 0.255 e. The van der Waals surface area contributed by atoms with E-state index in [4.69, 9.17) is 0 Å². The topological polar surface area (TPSA) is 29.1 Å². The molecule has 1 amide bonds. The van der Waals surface area contributed by atoms with E-state index in [0.717, 1.165) is 0 Å². The monoisotopic (exact) mass is 155 g/mol. The highest BCUT2D eigenvalue weighted by atomic mass is 19.3. The maximum absolute atomic E-state index is 11.3. The predicted molar refractivity (Wildman–Crippen MR) is 29.6 cm³/mol. The van der Waals surface area contributed by atoms with Crippen LogP contribution in [-0.4, -0.2) is 25.6 Å². The van der Waals surface area contributed by atoms with E-state index in [1.165, 1.54) is 0 Å². The number of halogens is 3. The van der Waals surface area contributed by atoms with E-state index >= 15 is 0 Å². The SMILES string of the molecule is O=C(CCF)NCC(F)F. The standard InChI is InChI=1S/C5H8F3NO/c6-2-1-5(10)9-3-4(7)8/h4H,1-3H2,(H,9,10). The van der Waals surface area contributed by atoms with Gasteiger partial charge in [-0.25, -0.2) is 8.78 Å². The normalized spacial score (nSPS) is 10.0. The molecule has 0 radical (unpaired) electrons. The Kier molecular flexibility index (Phi) is 4.70. The molecule has 0 saturated heterocycles. The number of carbonyl (C=O) groups is 1. The molecule has 0 atom stereocenters. The number of hydrogen-bond donors (Lipinski definition) is 1. The third-order valence-corrected chi connectivity index (χ3v) is 0.775. The summed E-state index contributed by atoms with van der Waals surface area (Å²) in [7, 11) is 0. The van der Waals surface area contributed by atoms with Crippen LogP contribution in [0, 0.1) is 0 Å². The first-order chi connectivity index (χ1) is 4.66. The molecule has 0 aliphatic carbocycles. The molecule has 2 nitrogen and oxygen atoms in total. The molecule has 5 heteroatoms. The van der Waals surface area contributed by atoms with Crippen molar-refractivity contribution in [1.82, 2.24) is 5.32 Å². The van der Waals surface area contributed by atoms with Gasteiger partial charge in [0.1, 0.15) is 0 Å². The molecule has 0 bridgehead atoms. The van der Waals surface area contributed by atoms with Crippen LogP contribution in [0.3, 0.4) is 0 Å². The highest BCUT2D eigenvalue weighted by Crippen LogP contribution is 1.88. The van der Waals surface area contributed by atoms with Gasteiger partial charge in [0, 0.05) is 0 Å². The van der Waals surface area contributed by atoms with Crippen molar-refractivity contribution >= 4 is 5.91 Å². The van der Waals surface area contributed by atoms with Gasteiger partial charge in [-0.15, -0.1) is 0 Å². The van der Waals surface area contributed by atoms with Crippen LogP contribution in [0.4, 0.5) is 13.2 Å². The van der Waals surface area contributed by atoms with Gasteiger partial charge in [0.25, 0.3) is 6.43 Å². The van der Waals surface area contributed by atoms with E-state index < -0.39 is 25.6 Å². The largest absolute Gasteiger partial charge is 0.350 e. The van der Waals surface area contributed by atoms with Crippen molar-refractivity contribution in [1.29, 1.82) is 0 Å². The van der Waals surface area contributed by atoms with E-state index in [-0.39, 0.29) is 6.42 Å². The Morgan fingerprint density at radius 3 is 2.50 bits per heavy atom. The molecular formula is C5H8F3NO. The molecule has 0 fully saturated rings. The average molecular weight is 155 g/mol. The summed E-state index contributed by atoms with van der Waals surface area (Å²) in [6.45, 7) is -1.51. The summed E-state index contributed by atoms with van der Waals surface area (Å²) in [5.41, 5.74) is 0. The van der Waals surface area contributed by atoms with Crippen LogP contribution in [-0.2, 0) is 4.79 Å². The highest BCUT2D eigenvalue weighted by Gasteiger charge is 2.04. The quantitative estimate of drug-likeness (QED) is 0.637. The van der Waals surface area contributed by atoms with Crippen molar-refractivity contribution in [2.75, 3.05) is 13.2 Å². The van der Waals surface area contributed by atoms with E-state index in [2.05, 4.69) is 0 Å². The summed E-state index contributed by atoms with van der Waals surface area (Å²) in [6, 6.07) is 0. The second-order valence-electron chi connectivity index (χ2n) is 1.63. The third kappa shape index (κ3) is 5.40. The van der Waals surface area contributed by atoms with E-state index in [1.807, 2.05) is 5.32 Å². The van der Waals surface area contributed by atoms with Crippen LogP contribution in [0.15, 0.2) is 0 Å². The van der Waals surface area contributed by atoms with E-state index in [9.17, 15) is 18.0 Å². The number of alkyl halides is 3. The molecule has 0 aromatic rings. The Morgan fingerprint density at radius 1 is 1.50 bits per heavy atom. The van der Waals surface area contributed by atoms with Crippen molar-refractivity contribution in [2.24, 2.45) is 0 Å². The molecule has 0 aromatic heterocycles. The predicted octanol–water partition coefficient (Wildman–Crippen LogP) is 0.727. The van der Waals surface area contributed by atoms with Gasteiger partial charge in [-0.1, -0.05) is 0 Å². The van der Waals surface area contributed by atoms with Gasteiger partial charge in [-0.05, 0) is 0 Å². The summed E-state index contributed by atoms with van der Waals surface area (Å²) in [6.07, 6.45) is -2.91. The smallest absolute Gasteiger partial charge is 0.255 e. The Bertz CT molecular complexity index is 107. The maximum atomic E-state index is 11.3. The second kappa shape index (κ2) is 5.08. The highest BCUT2D eigenvalue weighted by molar-refractivity contribution is 5.75. The van der Waals surface area contributed by atoms with Gasteiger partial charge in [0.2, 0.25) is 5.91 Å². The summed E-state index contributed by atoms with van der Waals surface area (Å²) < 4.78 is 34.0. The zero-order valence-electron chi connectivity index (χ0n) is 5.24. The average Bonchev–Trinajstić information content (AvgIpc) is 1.85. The zero-order chi connectivity index (χ0) is 7.98. The lowest BCUT2D eigenvalue weighted by atomic mass is 10.4. The van der Waals surface area contributed by atoms with Crippen molar-refractivity contribution in [2.45, 2.75) is 12.8 Å². The van der Waals surface area contributed by atoms with Gasteiger partial charge >= 0.3 is 0 Å². The molecular weight excluding hydrogens is 147 g/mol. The van der Waals surface area contributed by atoms with Crippen molar-refractivity contribution in [3.8, 4) is 0 Å². The molecule has 0 heterocycles. The van der Waals surface area contributed by atoms with Crippen LogP contribution in [0.25, 0.3) is 0 Å². The van der Waals surface area contributed by atoms with Crippen molar-refractivity contribution in [3.63, 3.8) is 0 Å². The third-order valence-electron chi connectivity index (χ3n) is 0.775. The number of amides is 1. The van der Waals surface area contributed by atoms with Crippen LogP contribution in [0.2, 0.25) is 0 Å². The summed E-state index contributed by atoms with van der Waals surface area (Å²) in [5, 5.41) is 1.85. The fraction of sp³-hybridized carbons (Fsp3) is 0.800. The first kappa shape index (κ1) is 9.26. The van der Waals surface area contributed by atoms with Gasteiger partial charge in [-0.2, -0.15) is 0 Å². The molecule has 0 aliphatic rings. The minimum atomic E-state index is -2.57. The van der Waals surface area contributed by atoms with Crippen molar-refractivity contribution in [3.05, 3.63) is 0 Å². The lowest BCUT2D eigenvalue weighted by Gasteiger charge is -2.00. The molecule has 0 aromatic carbocycles. The Hall–Kier alpha value is -0.740. The van der Waals surface area contributed by atoms with Crippen LogP contribution < -0.4 is 5.32 Å². The van der Waals surface area contributed by atoms with Gasteiger partial charge in [0.05, 0.1) is 19.6 Å². The molecule has 0 saturated carbocycles. The fourth-order valence-corrected chi connectivity index (χ4v) is 0.365. The lowest BCUT2D eigenvalue weighted by Crippen LogP contribution is -2.28. The summed E-state index contributed by atoms with van der Waals surface area (Å²) in [4.78, 5) is 10.3. The lowest BCUT2D eigenvalue weighted by molar-refractivity contribution is -0.121. The molecule has 0 unspecified atom stereocenters. The molecule has 0 rings (SSSR count). The van der Waals surface area contributed by atoms with Gasteiger partial charge in [-0.3, -0.25) is 9.18 Å². The first-order valence-corrected chi connectivity index (χ1v) is 2.77. The van der Waals surface area contributed by atoms with Crippen LogP contribution >= 0.6 is 0 Å². The van der Waals surface area contributed by atoms with Gasteiger partial charge < -0.3 is 5.32 Å². The molecule has 1 N–H and O–H groups in total. The van der Waals surface area contributed by atoms with E-state index in [1.54, 1.807) is 0 Å². The first-order valence-electron chi connectivity index (χ1n) is 2.77. The second-order valence-corrected chi connectivity index (χ2v) is 1.63. The number of hydrogen-bond acceptors (Lipinski definition) is 1. The Labute approximate surface area is 56.4 Å². The van der Waals surface area contributed by atoms with Crippen LogP contribution in [0.1, 0.15) is 6.42 Å². The Morgan fingerprint density at radius 2 is 2.10 bits per heavy atom. The Balaban J connectivity index is 3.22. The van der Waals surface area contributed by atoms with Crippen LogP contribution in [0.5, 0.6) is 0 Å². The van der Waals surface area contributed by atoms with Crippen molar-refractivity contribution < 1.29 is 18.0 Å². The van der Waals surface area contributed by atoms with Gasteiger partial charge in [0.15, 0.2) is 0 Å². The minimum Gasteiger partial charge on any atom is -0.350 e. The summed E-state index contributed by atoms with van der Waals surface area (Å²) in [5.74, 6) is -0.678. The molecule has 0 spiro atoms. The van der Waals surface area contributed by atoms with E-state index in [0.29, 0.717) is 0 Å². The number of carbonyl (C=O) groups excluding carboxylic acids is 1. The minimum absolute atomic E-state index is 0.341. The zero-order valence-corrected chi connectivity index (χ0v) is 5.24. The summed E-state index contributed by atoms with van der Waals surface area (Å²) >= 11 is 0. The number of rotatable bonds is 4. The molecule has 10 heavy (non-hydrogen) atoms. The fourth-order valence-electron chi connectivity index (χ4n) is 0.365. The molecule has 60 valence electrons.